The van der Waals surface area contributed by atoms with Gasteiger partial charge in [-0.15, -0.1) is 0 Å². The summed E-state index contributed by atoms with van der Waals surface area (Å²) in [6, 6.07) is 9.59. The number of hydrogen-bond donors (Lipinski definition) is 1. The van der Waals surface area contributed by atoms with Crippen LogP contribution in [0.2, 0.25) is 0 Å². The number of rotatable bonds is 5. The summed E-state index contributed by atoms with van der Waals surface area (Å²) in [4.78, 5) is 20.6. The molecule has 126 valence electrons. The van der Waals surface area contributed by atoms with E-state index in [0.29, 0.717) is 0 Å². The third-order valence-corrected chi connectivity index (χ3v) is 4.01. The Morgan fingerprint density at radius 1 is 1.29 bits per heavy atom. The highest BCUT2D eigenvalue weighted by Crippen LogP contribution is 2.32. The molecule has 1 aliphatic carbocycles. The van der Waals surface area contributed by atoms with Crippen LogP contribution in [-0.2, 0) is 9.53 Å². The van der Waals surface area contributed by atoms with Crippen molar-refractivity contribution in [3.8, 4) is 11.3 Å². The number of aryl methyl sites for hydroxylation is 1. The highest BCUT2D eigenvalue weighted by Gasteiger charge is 2.37. The maximum Gasteiger partial charge on any atom is 0.345 e. The van der Waals surface area contributed by atoms with E-state index < -0.39 is 12.7 Å². The first-order chi connectivity index (χ1) is 11.5. The summed E-state index contributed by atoms with van der Waals surface area (Å²) in [7, 11) is 0. The van der Waals surface area contributed by atoms with Gasteiger partial charge in [-0.1, -0.05) is 30.3 Å². The third kappa shape index (κ3) is 3.73. The fourth-order valence-corrected chi connectivity index (χ4v) is 2.64. The smallest absolute Gasteiger partial charge is 0.320 e. The van der Waals surface area contributed by atoms with E-state index in [0.717, 1.165) is 16.8 Å². The number of amides is 1. The molecule has 0 spiro atoms. The summed E-state index contributed by atoms with van der Waals surface area (Å²) in [5.74, 6) is -0.409. The number of nitrogens with zero attached hydrogens (tertiary/aromatic N) is 2. The van der Waals surface area contributed by atoms with E-state index >= 15 is 0 Å². The van der Waals surface area contributed by atoms with Crippen LogP contribution in [0.15, 0.2) is 36.5 Å². The maximum absolute atomic E-state index is 12.1. The first-order valence-electron chi connectivity index (χ1n) is 7.66. The SMILES string of the molecule is Cc1cnc(NC(=O)C2CC(OC(F)F)C2)nc1-c1ccccc1. The van der Waals surface area contributed by atoms with Gasteiger partial charge in [-0.25, -0.2) is 9.97 Å². The van der Waals surface area contributed by atoms with Gasteiger partial charge >= 0.3 is 6.61 Å². The largest absolute Gasteiger partial charge is 0.345 e. The number of carbonyl (C=O) groups is 1. The van der Waals surface area contributed by atoms with Crippen molar-refractivity contribution in [3.05, 3.63) is 42.1 Å². The minimum absolute atomic E-state index is 0.211. The standard InChI is InChI=1S/C17H17F2N3O2/c1-10-9-20-17(21-14(10)11-5-3-2-4-6-11)22-15(23)12-7-13(8-12)24-16(18)19/h2-6,9,12-13,16H,7-8H2,1H3,(H,20,21,22,23). The van der Waals surface area contributed by atoms with Gasteiger partial charge < -0.3 is 4.74 Å². The number of aromatic nitrogens is 2. The molecule has 1 heterocycles. The second-order valence-corrected chi connectivity index (χ2v) is 5.77. The second kappa shape index (κ2) is 7.00. The molecule has 0 bridgehead atoms. The van der Waals surface area contributed by atoms with E-state index in [1.165, 1.54) is 0 Å². The molecule has 24 heavy (non-hydrogen) atoms. The van der Waals surface area contributed by atoms with E-state index in [9.17, 15) is 13.6 Å². The predicted octanol–water partition coefficient (Wildman–Crippen LogP) is 3.41. The maximum atomic E-state index is 12.1. The average molecular weight is 333 g/mol. The predicted molar refractivity (Wildman–Crippen MR) is 84.4 cm³/mol. The molecule has 1 amide bonds. The van der Waals surface area contributed by atoms with Crippen LogP contribution in [0.1, 0.15) is 18.4 Å². The molecule has 0 saturated heterocycles. The van der Waals surface area contributed by atoms with Gasteiger partial charge in [-0.2, -0.15) is 8.78 Å². The minimum Gasteiger partial charge on any atom is -0.320 e. The average Bonchev–Trinajstić information content (AvgIpc) is 2.53. The summed E-state index contributed by atoms with van der Waals surface area (Å²) >= 11 is 0. The van der Waals surface area contributed by atoms with E-state index in [4.69, 9.17) is 0 Å². The van der Waals surface area contributed by atoms with Crippen molar-refractivity contribution in [2.75, 3.05) is 5.32 Å². The van der Waals surface area contributed by atoms with Gasteiger partial charge in [0.1, 0.15) is 0 Å². The number of benzene rings is 1. The Morgan fingerprint density at radius 3 is 2.67 bits per heavy atom. The van der Waals surface area contributed by atoms with E-state index in [2.05, 4.69) is 20.0 Å². The first kappa shape index (κ1) is 16.4. The fourth-order valence-electron chi connectivity index (χ4n) is 2.64. The zero-order valence-corrected chi connectivity index (χ0v) is 13.1. The Bertz CT molecular complexity index is 719. The number of hydrogen-bond acceptors (Lipinski definition) is 4. The molecule has 1 fully saturated rings. The monoisotopic (exact) mass is 333 g/mol. The van der Waals surface area contributed by atoms with Crippen molar-refractivity contribution < 1.29 is 18.3 Å². The van der Waals surface area contributed by atoms with Crippen LogP contribution in [0.5, 0.6) is 0 Å². The molecule has 1 aliphatic rings. The van der Waals surface area contributed by atoms with Gasteiger partial charge in [0.25, 0.3) is 0 Å². The molecule has 0 atom stereocenters. The second-order valence-electron chi connectivity index (χ2n) is 5.77. The minimum atomic E-state index is -2.80. The number of halogens is 2. The third-order valence-electron chi connectivity index (χ3n) is 4.01. The molecule has 7 heteroatoms. The summed E-state index contributed by atoms with van der Waals surface area (Å²) < 4.78 is 28.5. The molecule has 0 aliphatic heterocycles. The normalized spacial score (nSPS) is 19.8. The summed E-state index contributed by atoms with van der Waals surface area (Å²) in [6.07, 6.45) is 1.66. The van der Waals surface area contributed by atoms with Crippen molar-refractivity contribution in [1.29, 1.82) is 0 Å². The van der Waals surface area contributed by atoms with Crippen molar-refractivity contribution in [3.63, 3.8) is 0 Å². The lowest BCUT2D eigenvalue weighted by molar-refractivity contribution is -0.191. The van der Waals surface area contributed by atoms with Gasteiger partial charge in [0, 0.05) is 17.7 Å². The topological polar surface area (TPSA) is 64.1 Å². The van der Waals surface area contributed by atoms with E-state index in [1.807, 2.05) is 37.3 Å². The van der Waals surface area contributed by atoms with Crippen molar-refractivity contribution in [2.24, 2.45) is 5.92 Å². The summed E-state index contributed by atoms with van der Waals surface area (Å²) in [6.45, 7) is -0.903. The molecule has 5 nitrogen and oxygen atoms in total. The van der Waals surface area contributed by atoms with Gasteiger partial charge in [-0.05, 0) is 25.3 Å². The van der Waals surface area contributed by atoms with Crippen LogP contribution in [0.25, 0.3) is 11.3 Å². The first-order valence-corrected chi connectivity index (χ1v) is 7.66. The lowest BCUT2D eigenvalue weighted by Gasteiger charge is -2.33. The molecule has 1 aromatic heterocycles. The Balaban J connectivity index is 1.65. The zero-order valence-electron chi connectivity index (χ0n) is 13.1. The highest BCUT2D eigenvalue weighted by molar-refractivity contribution is 5.91. The molecule has 1 N–H and O–H groups in total. The Labute approximate surface area is 138 Å². The van der Waals surface area contributed by atoms with Crippen LogP contribution >= 0.6 is 0 Å². The number of alkyl halides is 2. The van der Waals surface area contributed by atoms with Crippen molar-refractivity contribution in [2.45, 2.75) is 32.5 Å². The van der Waals surface area contributed by atoms with Gasteiger partial charge in [-0.3, -0.25) is 10.1 Å². The van der Waals surface area contributed by atoms with Gasteiger partial charge in [0.15, 0.2) is 0 Å². The van der Waals surface area contributed by atoms with Crippen LogP contribution < -0.4 is 5.32 Å². The van der Waals surface area contributed by atoms with E-state index in [-0.39, 0.29) is 30.6 Å². The number of carbonyl (C=O) groups excluding carboxylic acids is 1. The molecular formula is C17H17F2N3O2. The van der Waals surface area contributed by atoms with E-state index in [1.54, 1.807) is 6.20 Å². The fraction of sp³-hybridized carbons (Fsp3) is 0.353. The summed E-state index contributed by atoms with van der Waals surface area (Å²) in [5, 5.41) is 2.65. The molecule has 3 rings (SSSR count). The summed E-state index contributed by atoms with van der Waals surface area (Å²) in [5.41, 5.74) is 2.57. The van der Waals surface area contributed by atoms with Crippen molar-refractivity contribution >= 4 is 11.9 Å². The van der Waals surface area contributed by atoms with Crippen LogP contribution in [-0.4, -0.2) is 28.6 Å². The van der Waals surface area contributed by atoms with Crippen molar-refractivity contribution in [1.82, 2.24) is 9.97 Å². The lowest BCUT2D eigenvalue weighted by Crippen LogP contribution is -2.40. The van der Waals surface area contributed by atoms with Gasteiger partial charge in [0.2, 0.25) is 11.9 Å². The lowest BCUT2D eigenvalue weighted by atomic mass is 9.81. The highest BCUT2D eigenvalue weighted by atomic mass is 19.3. The van der Waals surface area contributed by atoms with Crippen LogP contribution in [0, 0.1) is 12.8 Å². The number of nitrogens with one attached hydrogen (secondary N) is 1. The van der Waals surface area contributed by atoms with Crippen LogP contribution in [0.3, 0.4) is 0 Å². The molecular weight excluding hydrogens is 316 g/mol. The Hall–Kier alpha value is -2.41. The molecule has 2 aromatic rings. The molecule has 0 radical (unpaired) electrons. The number of ether oxygens (including phenoxy) is 1. The molecule has 1 saturated carbocycles. The zero-order chi connectivity index (χ0) is 17.1. The Morgan fingerprint density at radius 2 is 2.00 bits per heavy atom. The number of anilines is 1. The molecule has 0 unspecified atom stereocenters. The quantitative estimate of drug-likeness (QED) is 0.911. The Kier molecular flexibility index (Phi) is 4.80. The van der Waals surface area contributed by atoms with Crippen LogP contribution in [0.4, 0.5) is 14.7 Å². The molecule has 1 aromatic carbocycles. The van der Waals surface area contributed by atoms with Gasteiger partial charge in [0.05, 0.1) is 11.8 Å².